The maximum atomic E-state index is 5.88. The number of benzene rings is 1. The number of nitrogens with zero attached hydrogens (tertiary/aromatic N) is 4. The molecule has 1 aliphatic heterocycles. The van der Waals surface area contributed by atoms with E-state index < -0.39 is 0 Å². The minimum Gasteiger partial charge on any atom is -0.491 e. The van der Waals surface area contributed by atoms with Crippen LogP contribution in [0.5, 0.6) is 5.75 Å². The van der Waals surface area contributed by atoms with E-state index in [4.69, 9.17) is 9.73 Å². The second kappa shape index (κ2) is 9.44. The highest BCUT2D eigenvalue weighted by Crippen LogP contribution is 2.27. The summed E-state index contributed by atoms with van der Waals surface area (Å²) in [6, 6.07) is 8.52. The van der Waals surface area contributed by atoms with E-state index in [0.717, 1.165) is 43.3 Å². The fraction of sp³-hybridized carbons (Fsp3) is 0.524. The highest BCUT2D eigenvalue weighted by Gasteiger charge is 2.28. The van der Waals surface area contributed by atoms with E-state index >= 15 is 0 Å². The largest absolute Gasteiger partial charge is 0.491 e. The van der Waals surface area contributed by atoms with E-state index in [2.05, 4.69) is 52.8 Å². The quantitative estimate of drug-likeness (QED) is 0.483. The number of aromatic nitrogens is 2. The Bertz CT molecular complexity index is 728. The lowest BCUT2D eigenvalue weighted by molar-refractivity contribution is 0.188. The number of aliphatic imine (C=N–C) groups is 1. The molecular formula is C21H31N5O. The van der Waals surface area contributed by atoms with E-state index in [1.807, 2.05) is 30.7 Å². The number of para-hydroxylation sites is 1. The third kappa shape index (κ3) is 5.02. The summed E-state index contributed by atoms with van der Waals surface area (Å²) < 4.78 is 8.11. The van der Waals surface area contributed by atoms with Crippen molar-refractivity contribution in [2.45, 2.75) is 33.2 Å². The Kier molecular flexibility index (Phi) is 6.74. The van der Waals surface area contributed by atoms with Crippen molar-refractivity contribution in [1.82, 2.24) is 19.8 Å². The number of piperidine rings is 1. The van der Waals surface area contributed by atoms with Crippen LogP contribution in [0.3, 0.4) is 0 Å². The highest BCUT2D eigenvalue weighted by atomic mass is 16.5. The van der Waals surface area contributed by atoms with E-state index in [-0.39, 0.29) is 0 Å². The fourth-order valence-electron chi connectivity index (χ4n) is 3.55. The summed E-state index contributed by atoms with van der Waals surface area (Å²) >= 11 is 0. The molecule has 0 amide bonds. The molecule has 1 aromatic carbocycles. The second-order valence-corrected chi connectivity index (χ2v) is 7.14. The molecule has 2 unspecified atom stereocenters. The number of nitrogens with one attached hydrogen (secondary N) is 1. The molecule has 2 atom stereocenters. The van der Waals surface area contributed by atoms with Crippen molar-refractivity contribution < 1.29 is 4.74 Å². The molecule has 1 N–H and O–H groups in total. The van der Waals surface area contributed by atoms with Crippen molar-refractivity contribution in [3.63, 3.8) is 0 Å². The van der Waals surface area contributed by atoms with Gasteiger partial charge >= 0.3 is 0 Å². The average Bonchev–Trinajstić information content (AvgIpc) is 3.20. The minimum atomic E-state index is 0.424. The van der Waals surface area contributed by atoms with Gasteiger partial charge < -0.3 is 19.5 Å². The standard InChI is InChI=1S/C21H31N5O/c1-4-23-21(24-11-14-27-20-8-6-5-7-18(20)3)25-12-9-17(2)19(15-25)26-13-10-22-16-26/h5-8,10,13,16-17,19H,4,9,11-12,14-15H2,1-3H3,(H,23,24). The lowest BCUT2D eigenvalue weighted by atomic mass is 9.93. The number of likely N-dealkylation sites (tertiary alicyclic amines) is 1. The zero-order valence-corrected chi connectivity index (χ0v) is 16.6. The number of hydrogen-bond acceptors (Lipinski definition) is 3. The van der Waals surface area contributed by atoms with Crippen LogP contribution in [0, 0.1) is 12.8 Å². The monoisotopic (exact) mass is 369 g/mol. The van der Waals surface area contributed by atoms with Crippen LogP contribution in [0.1, 0.15) is 31.9 Å². The van der Waals surface area contributed by atoms with Crippen molar-refractivity contribution in [2.75, 3.05) is 32.8 Å². The van der Waals surface area contributed by atoms with Crippen LogP contribution in [-0.2, 0) is 0 Å². The SMILES string of the molecule is CCNC(=NCCOc1ccccc1C)N1CCC(C)C(n2ccnc2)C1. The number of guanidine groups is 1. The first-order chi connectivity index (χ1) is 13.2. The molecule has 1 aromatic heterocycles. The Morgan fingerprint density at radius 1 is 1.37 bits per heavy atom. The Labute approximate surface area is 162 Å². The lowest BCUT2D eigenvalue weighted by Crippen LogP contribution is -2.49. The van der Waals surface area contributed by atoms with Gasteiger partial charge in [-0.25, -0.2) is 9.98 Å². The first-order valence-corrected chi connectivity index (χ1v) is 9.88. The van der Waals surface area contributed by atoms with Crippen LogP contribution < -0.4 is 10.1 Å². The molecule has 6 heteroatoms. The summed E-state index contributed by atoms with van der Waals surface area (Å²) in [5.74, 6) is 2.54. The summed E-state index contributed by atoms with van der Waals surface area (Å²) in [7, 11) is 0. The maximum Gasteiger partial charge on any atom is 0.194 e. The van der Waals surface area contributed by atoms with Gasteiger partial charge in [-0.2, -0.15) is 0 Å². The van der Waals surface area contributed by atoms with Gasteiger partial charge in [0.2, 0.25) is 0 Å². The van der Waals surface area contributed by atoms with Crippen molar-refractivity contribution in [1.29, 1.82) is 0 Å². The Morgan fingerprint density at radius 3 is 2.96 bits per heavy atom. The molecule has 2 aromatic rings. The van der Waals surface area contributed by atoms with Crippen molar-refractivity contribution in [3.8, 4) is 5.75 Å². The molecule has 3 rings (SSSR count). The van der Waals surface area contributed by atoms with Gasteiger partial charge in [0.05, 0.1) is 18.9 Å². The molecule has 0 spiro atoms. The number of aryl methyl sites for hydroxylation is 1. The van der Waals surface area contributed by atoms with Crippen molar-refractivity contribution >= 4 is 5.96 Å². The smallest absolute Gasteiger partial charge is 0.194 e. The molecule has 0 aliphatic carbocycles. The molecular weight excluding hydrogens is 338 g/mol. The van der Waals surface area contributed by atoms with Gasteiger partial charge in [-0.3, -0.25) is 0 Å². The Hall–Kier alpha value is -2.50. The Balaban J connectivity index is 1.60. The molecule has 1 saturated heterocycles. The molecule has 0 radical (unpaired) electrons. The predicted octanol–water partition coefficient (Wildman–Crippen LogP) is 3.12. The van der Waals surface area contributed by atoms with E-state index in [9.17, 15) is 0 Å². The second-order valence-electron chi connectivity index (χ2n) is 7.14. The molecule has 2 heterocycles. The topological polar surface area (TPSA) is 54.7 Å². The van der Waals surface area contributed by atoms with Crippen LogP contribution in [0.2, 0.25) is 0 Å². The van der Waals surface area contributed by atoms with Crippen molar-refractivity contribution in [3.05, 3.63) is 48.5 Å². The summed E-state index contributed by atoms with van der Waals surface area (Å²) in [6.45, 7) is 10.5. The minimum absolute atomic E-state index is 0.424. The van der Waals surface area contributed by atoms with E-state index in [1.54, 1.807) is 0 Å². The molecule has 146 valence electrons. The fourth-order valence-corrected chi connectivity index (χ4v) is 3.55. The zero-order chi connectivity index (χ0) is 19.1. The van der Waals surface area contributed by atoms with Gasteiger partial charge in [0.15, 0.2) is 5.96 Å². The first-order valence-electron chi connectivity index (χ1n) is 9.88. The summed E-state index contributed by atoms with van der Waals surface area (Å²) in [5.41, 5.74) is 1.15. The van der Waals surface area contributed by atoms with Gasteiger partial charge in [-0.1, -0.05) is 25.1 Å². The normalized spacial score (nSPS) is 20.6. The predicted molar refractivity (Wildman–Crippen MR) is 109 cm³/mol. The summed E-state index contributed by atoms with van der Waals surface area (Å²) in [5, 5.41) is 3.44. The van der Waals surface area contributed by atoms with Crippen LogP contribution >= 0.6 is 0 Å². The summed E-state index contributed by atoms with van der Waals surface area (Å²) in [6.07, 6.45) is 6.98. The van der Waals surface area contributed by atoms with Crippen LogP contribution in [0.25, 0.3) is 0 Å². The summed E-state index contributed by atoms with van der Waals surface area (Å²) in [4.78, 5) is 11.4. The molecule has 1 fully saturated rings. The van der Waals surface area contributed by atoms with Crippen LogP contribution in [0.15, 0.2) is 48.0 Å². The molecule has 6 nitrogen and oxygen atoms in total. The average molecular weight is 370 g/mol. The molecule has 1 aliphatic rings. The van der Waals surface area contributed by atoms with E-state index in [1.165, 1.54) is 0 Å². The number of ether oxygens (including phenoxy) is 1. The third-order valence-electron chi connectivity index (χ3n) is 5.16. The van der Waals surface area contributed by atoms with Crippen molar-refractivity contribution in [2.24, 2.45) is 10.9 Å². The number of imidazole rings is 1. The third-order valence-corrected chi connectivity index (χ3v) is 5.16. The Morgan fingerprint density at radius 2 is 2.22 bits per heavy atom. The molecule has 0 saturated carbocycles. The van der Waals surface area contributed by atoms with Gasteiger partial charge in [-0.15, -0.1) is 0 Å². The van der Waals surface area contributed by atoms with Gasteiger partial charge in [0, 0.05) is 32.0 Å². The maximum absolute atomic E-state index is 5.88. The van der Waals surface area contributed by atoms with E-state index in [0.29, 0.717) is 25.1 Å². The van der Waals surface area contributed by atoms with Gasteiger partial charge in [0.1, 0.15) is 12.4 Å². The van der Waals surface area contributed by atoms with Crippen LogP contribution in [-0.4, -0.2) is 53.2 Å². The van der Waals surface area contributed by atoms with Gasteiger partial charge in [-0.05, 0) is 37.8 Å². The molecule has 27 heavy (non-hydrogen) atoms. The van der Waals surface area contributed by atoms with Gasteiger partial charge in [0.25, 0.3) is 0 Å². The number of rotatable bonds is 6. The highest BCUT2D eigenvalue weighted by molar-refractivity contribution is 5.80. The molecule has 0 bridgehead atoms. The zero-order valence-electron chi connectivity index (χ0n) is 16.6. The number of hydrogen-bond donors (Lipinski definition) is 1. The lowest BCUT2D eigenvalue weighted by Gasteiger charge is -2.39. The first kappa shape index (κ1) is 19.3. The van der Waals surface area contributed by atoms with Crippen LogP contribution in [0.4, 0.5) is 0 Å².